The SMILES string of the molecule is N#CCNC(=O)c1ccc(-c2ccnc(Cc3ccc(N4CC5CC(C4)O5)cc3)n2)cc1. The number of nitrogens with zero attached hydrogens (tertiary/aromatic N) is 4. The number of benzene rings is 2. The van der Waals surface area contributed by atoms with Crippen molar-refractivity contribution in [1.82, 2.24) is 15.3 Å². The zero-order valence-electron chi connectivity index (χ0n) is 17.6. The van der Waals surface area contributed by atoms with E-state index in [-0.39, 0.29) is 12.5 Å². The second-order valence-corrected chi connectivity index (χ2v) is 8.14. The van der Waals surface area contributed by atoms with Crippen molar-refractivity contribution in [3.05, 3.63) is 77.7 Å². The molecule has 0 aliphatic carbocycles. The van der Waals surface area contributed by atoms with E-state index in [1.54, 1.807) is 18.3 Å². The molecular weight excluding hydrogens is 402 g/mol. The molecule has 0 spiro atoms. The highest BCUT2D eigenvalue weighted by molar-refractivity contribution is 5.94. The molecule has 7 heteroatoms. The molecule has 0 radical (unpaired) electrons. The minimum atomic E-state index is -0.265. The third-order valence-electron chi connectivity index (χ3n) is 5.90. The molecule has 1 amide bonds. The quantitative estimate of drug-likeness (QED) is 0.611. The predicted molar refractivity (Wildman–Crippen MR) is 120 cm³/mol. The molecule has 3 aliphatic heterocycles. The third kappa shape index (κ3) is 4.32. The van der Waals surface area contributed by atoms with Crippen molar-refractivity contribution in [2.24, 2.45) is 0 Å². The van der Waals surface area contributed by atoms with E-state index in [0.29, 0.717) is 24.2 Å². The summed E-state index contributed by atoms with van der Waals surface area (Å²) in [4.78, 5) is 23.5. The molecule has 1 N–H and O–H groups in total. The molecule has 3 fully saturated rings. The van der Waals surface area contributed by atoms with E-state index >= 15 is 0 Å². The molecule has 2 unspecified atom stereocenters. The average Bonchev–Trinajstić information content (AvgIpc) is 2.83. The van der Waals surface area contributed by atoms with Crippen molar-refractivity contribution in [1.29, 1.82) is 5.26 Å². The zero-order valence-corrected chi connectivity index (χ0v) is 17.6. The minimum absolute atomic E-state index is 0.00961. The fourth-order valence-corrected chi connectivity index (χ4v) is 4.23. The molecule has 0 saturated carbocycles. The van der Waals surface area contributed by atoms with E-state index in [1.165, 1.54) is 12.1 Å². The number of fused-ring (bicyclic) bond motifs is 2. The van der Waals surface area contributed by atoms with Gasteiger partial charge in [-0.25, -0.2) is 9.97 Å². The highest BCUT2D eigenvalue weighted by Crippen LogP contribution is 2.31. The van der Waals surface area contributed by atoms with Crippen LogP contribution in [0.4, 0.5) is 5.69 Å². The maximum Gasteiger partial charge on any atom is 0.252 e. The van der Waals surface area contributed by atoms with Crippen LogP contribution >= 0.6 is 0 Å². The molecule has 4 heterocycles. The van der Waals surface area contributed by atoms with E-state index in [4.69, 9.17) is 15.0 Å². The molecule has 6 rings (SSSR count). The fraction of sp³-hybridized carbons (Fsp3) is 0.280. The Balaban J connectivity index is 1.25. The smallest absolute Gasteiger partial charge is 0.252 e. The van der Waals surface area contributed by atoms with E-state index in [2.05, 4.69) is 39.5 Å². The molecule has 2 atom stereocenters. The Morgan fingerprint density at radius 2 is 1.81 bits per heavy atom. The molecule has 3 aliphatic rings. The first-order valence-corrected chi connectivity index (χ1v) is 10.7. The topological polar surface area (TPSA) is 91.1 Å². The van der Waals surface area contributed by atoms with Gasteiger partial charge in [0.05, 0.1) is 24.0 Å². The van der Waals surface area contributed by atoms with Gasteiger partial charge in [0.2, 0.25) is 0 Å². The summed E-state index contributed by atoms with van der Waals surface area (Å²) in [7, 11) is 0. The van der Waals surface area contributed by atoms with Crippen LogP contribution in [0.2, 0.25) is 0 Å². The lowest BCUT2D eigenvalue weighted by Crippen LogP contribution is -2.57. The van der Waals surface area contributed by atoms with Gasteiger partial charge in [0.25, 0.3) is 5.91 Å². The highest BCUT2D eigenvalue weighted by Gasteiger charge is 2.38. The molecule has 1 aromatic heterocycles. The van der Waals surface area contributed by atoms with Crippen LogP contribution < -0.4 is 10.2 Å². The Hall–Kier alpha value is -3.76. The Morgan fingerprint density at radius 1 is 1.09 bits per heavy atom. The summed E-state index contributed by atoms with van der Waals surface area (Å²) in [6.45, 7) is 1.93. The highest BCUT2D eigenvalue weighted by atomic mass is 16.5. The van der Waals surface area contributed by atoms with Gasteiger partial charge >= 0.3 is 0 Å². The lowest BCUT2D eigenvalue weighted by Gasteiger charge is -2.48. The number of piperidine rings is 1. The number of hydrogen-bond acceptors (Lipinski definition) is 6. The number of anilines is 1. The largest absolute Gasteiger partial charge is 0.371 e. The van der Waals surface area contributed by atoms with Crippen LogP contribution in [0.15, 0.2) is 60.8 Å². The fourth-order valence-electron chi connectivity index (χ4n) is 4.23. The molecule has 3 aromatic rings. The van der Waals surface area contributed by atoms with Gasteiger partial charge in [-0.1, -0.05) is 24.3 Å². The second kappa shape index (κ2) is 8.77. The van der Waals surface area contributed by atoms with Crippen LogP contribution in [0, 0.1) is 11.3 Å². The summed E-state index contributed by atoms with van der Waals surface area (Å²) in [5.41, 5.74) is 4.62. The first-order chi connectivity index (χ1) is 15.7. The van der Waals surface area contributed by atoms with Crippen LogP contribution in [-0.4, -0.2) is 47.7 Å². The van der Waals surface area contributed by atoms with Gasteiger partial charge in [0.1, 0.15) is 12.4 Å². The van der Waals surface area contributed by atoms with Crippen LogP contribution in [0.3, 0.4) is 0 Å². The molecule has 32 heavy (non-hydrogen) atoms. The monoisotopic (exact) mass is 425 g/mol. The van der Waals surface area contributed by atoms with Crippen molar-refractivity contribution in [2.75, 3.05) is 24.5 Å². The van der Waals surface area contributed by atoms with Crippen molar-refractivity contribution in [3.8, 4) is 17.3 Å². The van der Waals surface area contributed by atoms with Gasteiger partial charge in [0.15, 0.2) is 0 Å². The van der Waals surface area contributed by atoms with Gasteiger partial charge < -0.3 is 15.0 Å². The Labute approximate surface area is 186 Å². The Morgan fingerprint density at radius 3 is 2.50 bits per heavy atom. The molecular formula is C25H23N5O2. The number of rotatable bonds is 6. The number of carbonyl (C=O) groups is 1. The summed E-state index contributed by atoms with van der Waals surface area (Å²) >= 11 is 0. The van der Waals surface area contributed by atoms with E-state index in [9.17, 15) is 4.79 Å². The molecule has 2 bridgehead atoms. The Kier molecular flexibility index (Phi) is 5.53. The van der Waals surface area contributed by atoms with Gasteiger partial charge in [-0.3, -0.25) is 4.79 Å². The normalized spacial score (nSPS) is 19.0. The van der Waals surface area contributed by atoms with E-state index in [1.807, 2.05) is 24.3 Å². The number of hydrogen-bond donors (Lipinski definition) is 1. The van der Waals surface area contributed by atoms with Gasteiger partial charge in [-0.15, -0.1) is 0 Å². The van der Waals surface area contributed by atoms with E-state index < -0.39 is 0 Å². The van der Waals surface area contributed by atoms with Crippen molar-refractivity contribution < 1.29 is 9.53 Å². The summed E-state index contributed by atoms with van der Waals surface area (Å²) in [5.74, 6) is 0.484. The van der Waals surface area contributed by atoms with Gasteiger partial charge in [0, 0.05) is 48.9 Å². The molecule has 3 saturated heterocycles. The average molecular weight is 425 g/mol. The van der Waals surface area contributed by atoms with Crippen molar-refractivity contribution >= 4 is 11.6 Å². The summed E-state index contributed by atoms with van der Waals surface area (Å²) in [5, 5.41) is 11.1. The third-order valence-corrected chi connectivity index (χ3v) is 5.90. The summed E-state index contributed by atoms with van der Waals surface area (Å²) in [6, 6.07) is 19.6. The lowest BCUT2D eigenvalue weighted by molar-refractivity contribution is -0.133. The van der Waals surface area contributed by atoms with Crippen LogP contribution in [0.1, 0.15) is 28.2 Å². The molecule has 7 nitrogen and oxygen atoms in total. The zero-order chi connectivity index (χ0) is 21.9. The number of morpholine rings is 1. The van der Waals surface area contributed by atoms with Gasteiger partial charge in [-0.05, 0) is 35.9 Å². The number of aromatic nitrogens is 2. The molecule has 2 aromatic carbocycles. The standard InChI is InChI=1S/C25H23N5O2/c26-10-12-28-25(31)19-5-3-18(4-6-19)23-9-11-27-24(29-23)13-17-1-7-20(8-2-17)30-15-21-14-22(16-30)32-21/h1-9,11,21-22H,12-16H2,(H,28,31). The lowest BCUT2D eigenvalue weighted by atomic mass is 9.98. The number of nitrogens with one attached hydrogen (secondary N) is 1. The number of carbonyl (C=O) groups excluding carboxylic acids is 1. The van der Waals surface area contributed by atoms with E-state index in [0.717, 1.165) is 35.7 Å². The predicted octanol–water partition coefficient (Wildman–Crippen LogP) is 2.97. The minimum Gasteiger partial charge on any atom is -0.371 e. The van der Waals surface area contributed by atoms with Gasteiger partial charge in [-0.2, -0.15) is 5.26 Å². The summed E-state index contributed by atoms with van der Waals surface area (Å²) < 4.78 is 5.72. The summed E-state index contributed by atoms with van der Waals surface area (Å²) in [6.07, 6.45) is 4.40. The number of nitriles is 1. The van der Waals surface area contributed by atoms with Crippen LogP contribution in [0.5, 0.6) is 0 Å². The van der Waals surface area contributed by atoms with Crippen LogP contribution in [-0.2, 0) is 11.2 Å². The van der Waals surface area contributed by atoms with Crippen molar-refractivity contribution in [3.63, 3.8) is 0 Å². The van der Waals surface area contributed by atoms with Crippen molar-refractivity contribution in [2.45, 2.75) is 25.0 Å². The first-order valence-electron chi connectivity index (χ1n) is 10.7. The first kappa shape index (κ1) is 20.2. The Bertz CT molecular complexity index is 1140. The second-order valence-electron chi connectivity index (χ2n) is 8.14. The molecule has 160 valence electrons. The number of ether oxygens (including phenoxy) is 1. The maximum atomic E-state index is 12.0. The number of amides is 1. The maximum absolute atomic E-state index is 12.0. The van der Waals surface area contributed by atoms with Crippen LogP contribution in [0.25, 0.3) is 11.3 Å².